The second-order valence-corrected chi connectivity index (χ2v) is 5.89. The van der Waals surface area contributed by atoms with E-state index in [2.05, 4.69) is 17.6 Å². The van der Waals surface area contributed by atoms with Crippen LogP contribution in [0.4, 0.5) is 5.69 Å². The van der Waals surface area contributed by atoms with Gasteiger partial charge >= 0.3 is 0 Å². The third-order valence-electron chi connectivity index (χ3n) is 4.21. The number of aliphatic hydroxyl groups excluding tert-OH is 1. The summed E-state index contributed by atoms with van der Waals surface area (Å²) in [6.07, 6.45) is 3.92. The average Bonchev–Trinajstić information content (AvgIpc) is 2.47. The number of anilines is 1. The molecule has 110 valence electrons. The molecule has 0 aliphatic heterocycles. The number of hydrogen-bond acceptors (Lipinski definition) is 3. The fraction of sp³-hybridized carbons (Fsp3) is 0.562. The number of carbonyl (C=O) groups excluding carboxylic acids is 1. The quantitative estimate of drug-likeness (QED) is 0.791. The van der Waals surface area contributed by atoms with Gasteiger partial charge in [-0.3, -0.25) is 4.79 Å². The molecule has 1 aromatic rings. The number of rotatable bonds is 4. The molecule has 4 nitrogen and oxygen atoms in total. The second-order valence-electron chi connectivity index (χ2n) is 5.89. The molecular formula is C16H24N2O2. The van der Waals surface area contributed by atoms with Crippen molar-refractivity contribution in [1.29, 1.82) is 0 Å². The normalized spacial score (nSPS) is 26.1. The fourth-order valence-electron chi connectivity index (χ4n) is 3.16. The van der Waals surface area contributed by atoms with E-state index in [9.17, 15) is 9.90 Å². The van der Waals surface area contributed by atoms with E-state index in [1.807, 2.05) is 18.2 Å². The van der Waals surface area contributed by atoms with E-state index in [4.69, 9.17) is 0 Å². The van der Waals surface area contributed by atoms with Gasteiger partial charge in [0.1, 0.15) is 0 Å². The van der Waals surface area contributed by atoms with Crippen molar-refractivity contribution in [2.45, 2.75) is 38.1 Å². The van der Waals surface area contributed by atoms with Gasteiger partial charge < -0.3 is 15.7 Å². The molecule has 0 bridgehead atoms. The summed E-state index contributed by atoms with van der Waals surface area (Å²) in [5.41, 5.74) is 0.971. The largest absolute Gasteiger partial charge is 0.394 e. The van der Waals surface area contributed by atoms with E-state index in [0.29, 0.717) is 11.5 Å². The van der Waals surface area contributed by atoms with Crippen LogP contribution in [0.2, 0.25) is 0 Å². The molecule has 2 unspecified atom stereocenters. The van der Waals surface area contributed by atoms with Gasteiger partial charge in [-0.1, -0.05) is 31.9 Å². The van der Waals surface area contributed by atoms with Crippen LogP contribution in [0.25, 0.3) is 0 Å². The minimum absolute atomic E-state index is 0.00476. The lowest BCUT2D eigenvalue weighted by molar-refractivity contribution is 0.0698. The van der Waals surface area contributed by atoms with Crippen LogP contribution in [0.15, 0.2) is 24.3 Å². The van der Waals surface area contributed by atoms with Gasteiger partial charge in [-0.05, 0) is 30.9 Å². The number of hydrogen-bond donors (Lipinski definition) is 3. The van der Waals surface area contributed by atoms with Crippen molar-refractivity contribution in [3.63, 3.8) is 0 Å². The zero-order valence-electron chi connectivity index (χ0n) is 12.3. The van der Waals surface area contributed by atoms with E-state index in [1.165, 1.54) is 6.42 Å². The van der Waals surface area contributed by atoms with E-state index >= 15 is 0 Å². The molecule has 2 atom stereocenters. The predicted molar refractivity (Wildman–Crippen MR) is 80.9 cm³/mol. The molecule has 1 saturated carbocycles. The Kier molecular flexibility index (Phi) is 4.65. The summed E-state index contributed by atoms with van der Waals surface area (Å²) in [6.45, 7) is 2.18. The first-order chi connectivity index (χ1) is 9.60. The van der Waals surface area contributed by atoms with Crippen LogP contribution >= 0.6 is 0 Å². The SMILES string of the molecule is CNc1ccccc1C(=O)NC1(CO)CCCC(C)C1. The maximum Gasteiger partial charge on any atom is 0.253 e. The first-order valence-electron chi connectivity index (χ1n) is 7.30. The third-order valence-corrected chi connectivity index (χ3v) is 4.21. The standard InChI is InChI=1S/C16H24N2O2/c1-12-6-5-9-16(10-12,11-19)18-15(20)13-7-3-4-8-14(13)17-2/h3-4,7-8,12,17,19H,5-6,9-11H2,1-2H3,(H,18,20). The van der Waals surface area contributed by atoms with Crippen LogP contribution in [0.3, 0.4) is 0 Å². The molecule has 1 aliphatic rings. The number of nitrogens with one attached hydrogen (secondary N) is 2. The summed E-state index contributed by atoms with van der Waals surface area (Å²) < 4.78 is 0. The van der Waals surface area contributed by atoms with Crippen molar-refractivity contribution < 1.29 is 9.90 Å². The Hall–Kier alpha value is -1.55. The van der Waals surface area contributed by atoms with Crippen LogP contribution in [-0.4, -0.2) is 30.2 Å². The fourth-order valence-corrected chi connectivity index (χ4v) is 3.16. The molecule has 3 N–H and O–H groups in total. The Morgan fingerprint density at radius 1 is 1.45 bits per heavy atom. The zero-order chi connectivity index (χ0) is 14.6. The minimum Gasteiger partial charge on any atom is -0.394 e. The molecule has 1 aliphatic carbocycles. The highest BCUT2D eigenvalue weighted by atomic mass is 16.3. The van der Waals surface area contributed by atoms with E-state index in [0.717, 1.165) is 24.9 Å². The predicted octanol–water partition coefficient (Wildman–Crippen LogP) is 2.40. The van der Waals surface area contributed by atoms with Crippen molar-refractivity contribution >= 4 is 11.6 Å². The Morgan fingerprint density at radius 3 is 2.85 bits per heavy atom. The number of aliphatic hydroxyl groups is 1. The van der Waals surface area contributed by atoms with Crippen molar-refractivity contribution in [3.8, 4) is 0 Å². The molecule has 0 radical (unpaired) electrons. The molecule has 1 amide bonds. The van der Waals surface area contributed by atoms with Crippen LogP contribution in [0.1, 0.15) is 43.0 Å². The van der Waals surface area contributed by atoms with Gasteiger partial charge in [0.25, 0.3) is 5.91 Å². The minimum atomic E-state index is -0.463. The van der Waals surface area contributed by atoms with Crippen molar-refractivity contribution in [3.05, 3.63) is 29.8 Å². The summed E-state index contributed by atoms with van der Waals surface area (Å²) in [6, 6.07) is 7.43. The molecular weight excluding hydrogens is 252 g/mol. The molecule has 1 aromatic carbocycles. The molecule has 0 saturated heterocycles. The van der Waals surface area contributed by atoms with E-state index in [1.54, 1.807) is 13.1 Å². The zero-order valence-corrected chi connectivity index (χ0v) is 12.3. The van der Waals surface area contributed by atoms with Gasteiger partial charge in [-0.25, -0.2) is 0 Å². The second kappa shape index (κ2) is 6.27. The van der Waals surface area contributed by atoms with Crippen LogP contribution < -0.4 is 10.6 Å². The molecule has 20 heavy (non-hydrogen) atoms. The maximum atomic E-state index is 12.5. The Bertz CT molecular complexity index is 475. The van der Waals surface area contributed by atoms with Crippen LogP contribution in [0, 0.1) is 5.92 Å². The van der Waals surface area contributed by atoms with E-state index < -0.39 is 5.54 Å². The summed E-state index contributed by atoms with van der Waals surface area (Å²) in [5.74, 6) is 0.425. The first-order valence-corrected chi connectivity index (χ1v) is 7.30. The Labute approximate surface area is 120 Å². The van der Waals surface area contributed by atoms with Crippen LogP contribution in [-0.2, 0) is 0 Å². The molecule has 0 spiro atoms. The highest BCUT2D eigenvalue weighted by molar-refractivity contribution is 6.00. The van der Waals surface area contributed by atoms with Gasteiger partial charge in [0.05, 0.1) is 17.7 Å². The monoisotopic (exact) mass is 276 g/mol. The third kappa shape index (κ3) is 3.12. The van der Waals surface area contributed by atoms with Gasteiger partial charge in [-0.15, -0.1) is 0 Å². The Balaban J connectivity index is 2.17. The molecule has 1 fully saturated rings. The van der Waals surface area contributed by atoms with Crippen molar-refractivity contribution in [2.75, 3.05) is 19.0 Å². The highest BCUT2D eigenvalue weighted by Crippen LogP contribution is 2.32. The molecule has 0 aromatic heterocycles. The smallest absolute Gasteiger partial charge is 0.253 e. The number of benzene rings is 1. The number of carbonyl (C=O) groups is 1. The van der Waals surface area contributed by atoms with Gasteiger partial charge in [0.15, 0.2) is 0 Å². The van der Waals surface area contributed by atoms with Crippen molar-refractivity contribution in [1.82, 2.24) is 5.32 Å². The first kappa shape index (κ1) is 14.9. The average molecular weight is 276 g/mol. The topological polar surface area (TPSA) is 61.4 Å². The summed E-state index contributed by atoms with van der Waals surface area (Å²) in [4.78, 5) is 12.5. The van der Waals surface area contributed by atoms with Crippen molar-refractivity contribution in [2.24, 2.45) is 5.92 Å². The highest BCUT2D eigenvalue weighted by Gasteiger charge is 2.36. The lowest BCUT2D eigenvalue weighted by Crippen LogP contribution is -2.53. The molecule has 0 heterocycles. The van der Waals surface area contributed by atoms with E-state index in [-0.39, 0.29) is 12.5 Å². The number of amides is 1. The van der Waals surface area contributed by atoms with Gasteiger partial charge in [0, 0.05) is 12.7 Å². The maximum absolute atomic E-state index is 12.5. The molecule has 2 rings (SSSR count). The Morgan fingerprint density at radius 2 is 2.20 bits per heavy atom. The number of para-hydroxylation sites is 1. The summed E-state index contributed by atoms with van der Waals surface area (Å²) in [5, 5.41) is 15.9. The van der Waals surface area contributed by atoms with Gasteiger partial charge in [0.2, 0.25) is 0 Å². The van der Waals surface area contributed by atoms with Gasteiger partial charge in [-0.2, -0.15) is 0 Å². The lowest BCUT2D eigenvalue weighted by Gasteiger charge is -2.39. The lowest BCUT2D eigenvalue weighted by atomic mass is 9.76. The van der Waals surface area contributed by atoms with Crippen LogP contribution in [0.5, 0.6) is 0 Å². The molecule has 4 heteroatoms. The summed E-state index contributed by atoms with van der Waals surface area (Å²) in [7, 11) is 1.80. The summed E-state index contributed by atoms with van der Waals surface area (Å²) >= 11 is 0.